The van der Waals surface area contributed by atoms with Crippen molar-refractivity contribution in [3.8, 4) is 0 Å². The third kappa shape index (κ3) is 3.49. The van der Waals surface area contributed by atoms with Gasteiger partial charge in [0.25, 0.3) is 0 Å². The molecule has 0 radical (unpaired) electrons. The number of benzene rings is 2. The highest BCUT2D eigenvalue weighted by Gasteiger charge is 2.27. The van der Waals surface area contributed by atoms with Crippen LogP contribution in [0.4, 0.5) is 8.78 Å². The van der Waals surface area contributed by atoms with Crippen molar-refractivity contribution in [3.63, 3.8) is 0 Å². The van der Waals surface area contributed by atoms with Crippen LogP contribution in [-0.2, 0) is 4.79 Å². The molecule has 0 aromatic heterocycles. The third-order valence-electron chi connectivity index (χ3n) is 4.04. The second kappa shape index (κ2) is 6.89. The molecule has 1 atom stereocenters. The van der Waals surface area contributed by atoms with Gasteiger partial charge in [-0.2, -0.15) is 0 Å². The maximum Gasteiger partial charge on any atom is 0.196 e. The van der Waals surface area contributed by atoms with Crippen LogP contribution < -0.4 is 4.90 Å². The highest BCUT2D eigenvalue weighted by molar-refractivity contribution is 6.14. The summed E-state index contributed by atoms with van der Waals surface area (Å²) < 4.78 is 27.7. The van der Waals surface area contributed by atoms with Gasteiger partial charge in [0.05, 0.1) is 18.2 Å². The van der Waals surface area contributed by atoms with Gasteiger partial charge in [0.1, 0.15) is 24.7 Å². The number of quaternary nitrogens is 1. The van der Waals surface area contributed by atoms with E-state index in [9.17, 15) is 13.6 Å². The smallest absolute Gasteiger partial charge is 0.196 e. The van der Waals surface area contributed by atoms with Crippen LogP contribution in [-0.4, -0.2) is 25.9 Å². The number of likely N-dealkylation sites (N-methyl/N-ethyl adjacent to an activating group) is 1. The summed E-state index contributed by atoms with van der Waals surface area (Å²) in [6.07, 6.45) is 3.19. The molecule has 1 unspecified atom stereocenters. The molecule has 2 nitrogen and oxygen atoms in total. The van der Waals surface area contributed by atoms with Crippen molar-refractivity contribution in [2.24, 2.45) is 0 Å². The molecule has 1 N–H and O–H groups in total. The van der Waals surface area contributed by atoms with Crippen LogP contribution in [0, 0.1) is 11.6 Å². The summed E-state index contributed by atoms with van der Waals surface area (Å²) in [4.78, 5) is 13.8. The molecular formula is C20H18F2NO+. The van der Waals surface area contributed by atoms with Crippen LogP contribution in [0.25, 0.3) is 12.2 Å². The van der Waals surface area contributed by atoms with Gasteiger partial charge < -0.3 is 4.90 Å². The lowest BCUT2D eigenvalue weighted by molar-refractivity contribution is -0.870. The predicted octanol–water partition coefficient (Wildman–Crippen LogP) is 2.53. The summed E-state index contributed by atoms with van der Waals surface area (Å²) in [5.41, 5.74) is 1.85. The fourth-order valence-electron chi connectivity index (χ4n) is 2.87. The number of Topliss-reactive ketones (excluding diaryl/α,β-unsaturated/α-hetero) is 1. The maximum absolute atomic E-state index is 13.8. The summed E-state index contributed by atoms with van der Waals surface area (Å²) in [5, 5.41) is 0. The van der Waals surface area contributed by atoms with Gasteiger partial charge >= 0.3 is 0 Å². The number of carbonyl (C=O) groups excluding carboxylic acids is 1. The quantitative estimate of drug-likeness (QED) is 0.842. The highest BCUT2D eigenvalue weighted by Crippen LogP contribution is 2.18. The second-order valence-corrected chi connectivity index (χ2v) is 6.02. The van der Waals surface area contributed by atoms with Crippen molar-refractivity contribution in [1.82, 2.24) is 0 Å². The largest absolute Gasteiger partial charge is 0.330 e. The molecule has 2 aromatic carbocycles. The van der Waals surface area contributed by atoms with Gasteiger partial charge in [-0.25, -0.2) is 8.78 Å². The minimum absolute atomic E-state index is 0.146. The molecular weight excluding hydrogens is 308 g/mol. The van der Waals surface area contributed by atoms with E-state index in [4.69, 9.17) is 0 Å². The van der Waals surface area contributed by atoms with Gasteiger partial charge in [0.15, 0.2) is 5.78 Å². The summed E-state index contributed by atoms with van der Waals surface area (Å²) in [5.74, 6) is -0.867. The first-order chi connectivity index (χ1) is 11.5. The van der Waals surface area contributed by atoms with Gasteiger partial charge in [-0.15, -0.1) is 0 Å². The lowest BCUT2D eigenvalue weighted by Gasteiger charge is -2.23. The minimum Gasteiger partial charge on any atom is -0.330 e. The number of hydrogen-bond donors (Lipinski definition) is 1. The van der Waals surface area contributed by atoms with Crippen LogP contribution >= 0.6 is 0 Å². The van der Waals surface area contributed by atoms with E-state index >= 15 is 0 Å². The molecule has 2 aromatic rings. The highest BCUT2D eigenvalue weighted by atomic mass is 19.1. The van der Waals surface area contributed by atoms with E-state index in [1.807, 2.05) is 7.05 Å². The number of piperidine rings is 1. The van der Waals surface area contributed by atoms with Crippen LogP contribution in [0.1, 0.15) is 11.1 Å². The zero-order valence-electron chi connectivity index (χ0n) is 13.4. The molecule has 1 aliphatic heterocycles. The van der Waals surface area contributed by atoms with Gasteiger partial charge in [-0.1, -0.05) is 36.4 Å². The average molecular weight is 326 g/mol. The van der Waals surface area contributed by atoms with Crippen molar-refractivity contribution in [2.45, 2.75) is 0 Å². The van der Waals surface area contributed by atoms with E-state index in [1.54, 1.807) is 48.6 Å². The SMILES string of the molecule is C[NH+]1C/C(=C/c2ccccc2F)C(=O)/C(=C/c2ccccc2F)C1. The van der Waals surface area contributed by atoms with Crippen LogP contribution in [0.2, 0.25) is 0 Å². The Bertz CT molecular complexity index is 772. The Labute approximate surface area is 139 Å². The van der Waals surface area contributed by atoms with E-state index in [0.717, 1.165) is 4.90 Å². The van der Waals surface area contributed by atoms with Crippen molar-refractivity contribution in [1.29, 1.82) is 0 Å². The Balaban J connectivity index is 1.98. The lowest BCUT2D eigenvalue weighted by Crippen LogP contribution is -3.10. The van der Waals surface area contributed by atoms with Crippen LogP contribution in [0.5, 0.6) is 0 Å². The maximum atomic E-state index is 13.8. The molecule has 0 amide bonds. The van der Waals surface area contributed by atoms with Crippen molar-refractivity contribution in [2.75, 3.05) is 20.1 Å². The Kier molecular flexibility index (Phi) is 4.67. The topological polar surface area (TPSA) is 21.5 Å². The van der Waals surface area contributed by atoms with Crippen LogP contribution in [0.3, 0.4) is 0 Å². The summed E-state index contributed by atoms with van der Waals surface area (Å²) in [6, 6.07) is 12.7. The van der Waals surface area contributed by atoms with Crippen molar-refractivity contribution < 1.29 is 18.5 Å². The van der Waals surface area contributed by atoms with E-state index < -0.39 is 0 Å². The molecule has 3 rings (SSSR count). The van der Waals surface area contributed by atoms with Gasteiger partial charge in [0.2, 0.25) is 0 Å². The predicted molar refractivity (Wildman–Crippen MR) is 90.4 cm³/mol. The van der Waals surface area contributed by atoms with Crippen molar-refractivity contribution in [3.05, 3.63) is 82.4 Å². The molecule has 0 saturated carbocycles. The number of hydrogen-bond acceptors (Lipinski definition) is 1. The third-order valence-corrected chi connectivity index (χ3v) is 4.04. The number of ketones is 1. The Morgan fingerprint density at radius 2 is 1.25 bits per heavy atom. The summed E-state index contributed by atoms with van der Waals surface area (Å²) in [6.45, 7) is 1.03. The molecule has 0 aliphatic carbocycles. The standard InChI is InChI=1S/C20H17F2NO/c1-23-12-16(10-14-6-2-4-8-18(14)21)20(24)17(13-23)11-15-7-3-5-9-19(15)22/h2-11H,12-13H2,1H3/p+1/b16-10-,17-11+. The normalized spacial score (nSPS) is 21.5. The molecule has 1 saturated heterocycles. The number of rotatable bonds is 2. The summed E-state index contributed by atoms with van der Waals surface area (Å²) in [7, 11) is 1.96. The van der Waals surface area contributed by atoms with Crippen molar-refractivity contribution >= 4 is 17.9 Å². The van der Waals surface area contributed by atoms with Gasteiger partial charge in [0, 0.05) is 11.1 Å². The zero-order valence-corrected chi connectivity index (χ0v) is 13.4. The minimum atomic E-state index is -0.361. The Hall–Kier alpha value is -2.59. The zero-order chi connectivity index (χ0) is 17.1. The molecule has 24 heavy (non-hydrogen) atoms. The number of likely N-dealkylation sites (tertiary alicyclic amines) is 1. The first kappa shape index (κ1) is 16.3. The van der Waals surface area contributed by atoms with E-state index in [-0.39, 0.29) is 17.4 Å². The van der Waals surface area contributed by atoms with Gasteiger partial charge in [-0.05, 0) is 24.3 Å². The number of carbonyl (C=O) groups is 1. The molecule has 1 heterocycles. The molecule has 1 aliphatic rings. The molecule has 0 spiro atoms. The number of halogens is 2. The molecule has 4 heteroatoms. The first-order valence-corrected chi connectivity index (χ1v) is 7.81. The molecule has 1 fully saturated rings. The monoisotopic (exact) mass is 326 g/mol. The van der Waals surface area contributed by atoms with Gasteiger partial charge in [-0.3, -0.25) is 4.79 Å². The average Bonchev–Trinajstić information content (AvgIpc) is 2.56. The Morgan fingerprint density at radius 3 is 1.67 bits per heavy atom. The van der Waals surface area contributed by atoms with E-state index in [2.05, 4.69) is 0 Å². The lowest BCUT2D eigenvalue weighted by atomic mass is 9.94. The fraction of sp³-hybridized carbons (Fsp3) is 0.150. The molecule has 122 valence electrons. The summed E-state index contributed by atoms with van der Waals surface area (Å²) >= 11 is 0. The van der Waals surface area contributed by atoms with E-state index in [0.29, 0.717) is 35.4 Å². The molecule has 0 bridgehead atoms. The van der Waals surface area contributed by atoms with E-state index in [1.165, 1.54) is 12.1 Å². The second-order valence-electron chi connectivity index (χ2n) is 6.02. The van der Waals surface area contributed by atoms with Crippen LogP contribution in [0.15, 0.2) is 59.7 Å². The Morgan fingerprint density at radius 1 is 0.833 bits per heavy atom. The number of nitrogens with one attached hydrogen (secondary N) is 1. The first-order valence-electron chi connectivity index (χ1n) is 7.81. The fourth-order valence-corrected chi connectivity index (χ4v) is 2.87.